The molecule has 4 nitrogen and oxygen atoms in total. The van der Waals surface area contributed by atoms with E-state index in [9.17, 15) is 0 Å². The fraction of sp³-hybridized carbons (Fsp3) is 0.455. The summed E-state index contributed by atoms with van der Waals surface area (Å²) in [6.45, 7) is 7.47. The van der Waals surface area contributed by atoms with E-state index >= 15 is 0 Å². The quantitative estimate of drug-likeness (QED) is 0.883. The monoisotopic (exact) mass is 236 g/mol. The zero-order valence-corrected chi connectivity index (χ0v) is 10.6. The second kappa shape index (κ2) is 4.35. The third kappa shape index (κ3) is 2.01. The molecule has 0 saturated carbocycles. The number of hydrogen-bond donors (Lipinski definition) is 1. The van der Waals surface area contributed by atoms with Crippen LogP contribution in [0.4, 0.5) is 0 Å². The van der Waals surface area contributed by atoms with Crippen LogP contribution in [0.15, 0.2) is 5.38 Å². The SMILES string of the molecule is Cc1nn(Cc2csc(CN)n2)c(C)c1C. The number of nitrogens with zero attached hydrogens (tertiary/aromatic N) is 3. The molecule has 0 amide bonds. The number of aryl methyl sites for hydroxylation is 1. The van der Waals surface area contributed by atoms with Crippen molar-refractivity contribution in [2.75, 3.05) is 0 Å². The first-order valence-corrected chi connectivity index (χ1v) is 6.13. The van der Waals surface area contributed by atoms with E-state index in [1.165, 1.54) is 11.3 Å². The van der Waals surface area contributed by atoms with Crippen molar-refractivity contribution in [1.29, 1.82) is 0 Å². The molecule has 0 unspecified atom stereocenters. The van der Waals surface area contributed by atoms with Gasteiger partial charge in [-0.05, 0) is 26.3 Å². The van der Waals surface area contributed by atoms with Gasteiger partial charge in [-0.2, -0.15) is 5.10 Å². The first kappa shape index (κ1) is 11.3. The van der Waals surface area contributed by atoms with Crippen LogP contribution in [0, 0.1) is 20.8 Å². The molecular formula is C11H16N4S. The lowest BCUT2D eigenvalue weighted by Gasteiger charge is -2.01. The van der Waals surface area contributed by atoms with E-state index < -0.39 is 0 Å². The van der Waals surface area contributed by atoms with E-state index in [-0.39, 0.29) is 0 Å². The van der Waals surface area contributed by atoms with Gasteiger partial charge in [0.25, 0.3) is 0 Å². The molecule has 5 heteroatoms. The minimum absolute atomic E-state index is 0.515. The van der Waals surface area contributed by atoms with Crippen molar-refractivity contribution in [3.63, 3.8) is 0 Å². The average molecular weight is 236 g/mol. The summed E-state index contributed by atoms with van der Waals surface area (Å²) in [6.07, 6.45) is 0. The van der Waals surface area contributed by atoms with Crippen molar-refractivity contribution < 1.29 is 0 Å². The highest BCUT2D eigenvalue weighted by Crippen LogP contribution is 2.14. The molecular weight excluding hydrogens is 220 g/mol. The van der Waals surface area contributed by atoms with Crippen LogP contribution in [0.25, 0.3) is 0 Å². The Morgan fingerprint density at radius 3 is 2.62 bits per heavy atom. The topological polar surface area (TPSA) is 56.7 Å². The molecule has 2 heterocycles. The van der Waals surface area contributed by atoms with Crippen LogP contribution in [0.1, 0.15) is 27.7 Å². The van der Waals surface area contributed by atoms with Crippen molar-refractivity contribution in [2.45, 2.75) is 33.9 Å². The van der Waals surface area contributed by atoms with Crippen molar-refractivity contribution >= 4 is 11.3 Å². The van der Waals surface area contributed by atoms with Crippen LogP contribution in [0.3, 0.4) is 0 Å². The molecule has 0 saturated heterocycles. The maximum atomic E-state index is 5.54. The van der Waals surface area contributed by atoms with Gasteiger partial charge in [0.1, 0.15) is 5.01 Å². The summed E-state index contributed by atoms with van der Waals surface area (Å²) in [7, 11) is 0. The van der Waals surface area contributed by atoms with Crippen molar-refractivity contribution in [3.05, 3.63) is 33.0 Å². The lowest BCUT2D eigenvalue weighted by molar-refractivity contribution is 0.647. The molecule has 0 atom stereocenters. The molecule has 0 aliphatic rings. The predicted octanol–water partition coefficient (Wildman–Crippen LogP) is 1.77. The first-order valence-electron chi connectivity index (χ1n) is 5.25. The lowest BCUT2D eigenvalue weighted by Crippen LogP contribution is -2.05. The molecule has 0 bridgehead atoms. The molecule has 2 rings (SSSR count). The van der Waals surface area contributed by atoms with E-state index in [0.717, 1.165) is 22.9 Å². The summed E-state index contributed by atoms with van der Waals surface area (Å²) < 4.78 is 2.00. The molecule has 0 spiro atoms. The fourth-order valence-electron chi connectivity index (χ4n) is 1.61. The second-order valence-electron chi connectivity index (χ2n) is 3.89. The van der Waals surface area contributed by atoms with Gasteiger partial charge in [0, 0.05) is 17.6 Å². The molecule has 0 aliphatic heterocycles. The third-order valence-electron chi connectivity index (χ3n) is 2.83. The standard InChI is InChI=1S/C11H16N4S/c1-7-8(2)14-15(9(7)3)5-10-6-16-11(4-12)13-10/h6H,4-5,12H2,1-3H3. The molecule has 2 N–H and O–H groups in total. The maximum absolute atomic E-state index is 5.54. The lowest BCUT2D eigenvalue weighted by atomic mass is 10.2. The Labute approximate surface area is 99.1 Å². The van der Waals surface area contributed by atoms with Crippen molar-refractivity contribution in [3.8, 4) is 0 Å². The van der Waals surface area contributed by atoms with Gasteiger partial charge >= 0.3 is 0 Å². The van der Waals surface area contributed by atoms with E-state index in [1.807, 2.05) is 17.0 Å². The summed E-state index contributed by atoms with van der Waals surface area (Å²) in [5, 5.41) is 7.52. The van der Waals surface area contributed by atoms with E-state index in [0.29, 0.717) is 6.54 Å². The average Bonchev–Trinajstić information content (AvgIpc) is 2.81. The summed E-state index contributed by atoms with van der Waals surface area (Å²) in [4.78, 5) is 4.44. The number of thiazole rings is 1. The minimum Gasteiger partial charge on any atom is -0.325 e. The minimum atomic E-state index is 0.515. The van der Waals surface area contributed by atoms with Gasteiger partial charge < -0.3 is 5.73 Å². The van der Waals surface area contributed by atoms with Gasteiger partial charge in [-0.15, -0.1) is 11.3 Å². The van der Waals surface area contributed by atoms with Crippen molar-refractivity contribution in [2.24, 2.45) is 5.73 Å². The number of aromatic nitrogens is 3. The van der Waals surface area contributed by atoms with E-state index in [4.69, 9.17) is 5.73 Å². The Morgan fingerprint density at radius 2 is 2.12 bits per heavy atom. The predicted molar refractivity (Wildman–Crippen MR) is 65.5 cm³/mol. The number of nitrogens with two attached hydrogens (primary N) is 1. The Kier molecular flexibility index (Phi) is 3.07. The summed E-state index contributed by atoms with van der Waals surface area (Å²) >= 11 is 1.61. The normalized spacial score (nSPS) is 11.0. The van der Waals surface area contributed by atoms with Gasteiger partial charge in [0.2, 0.25) is 0 Å². The van der Waals surface area contributed by atoms with Gasteiger partial charge in [-0.25, -0.2) is 4.98 Å². The Morgan fingerprint density at radius 1 is 1.38 bits per heavy atom. The largest absolute Gasteiger partial charge is 0.325 e. The molecule has 16 heavy (non-hydrogen) atoms. The summed E-state index contributed by atoms with van der Waals surface area (Å²) in [6, 6.07) is 0. The first-order chi connectivity index (χ1) is 7.61. The Bertz CT molecular complexity index is 498. The summed E-state index contributed by atoms with van der Waals surface area (Å²) in [5.74, 6) is 0. The Hall–Kier alpha value is -1.20. The zero-order chi connectivity index (χ0) is 11.7. The van der Waals surface area contributed by atoms with Crippen molar-refractivity contribution in [1.82, 2.24) is 14.8 Å². The number of hydrogen-bond acceptors (Lipinski definition) is 4. The van der Waals surface area contributed by atoms with Gasteiger partial charge in [0.15, 0.2) is 0 Å². The highest BCUT2D eigenvalue weighted by molar-refractivity contribution is 7.09. The third-order valence-corrected chi connectivity index (χ3v) is 3.75. The van der Waals surface area contributed by atoms with Crippen LogP contribution >= 0.6 is 11.3 Å². The molecule has 86 valence electrons. The van der Waals surface area contributed by atoms with E-state index in [1.54, 1.807) is 11.3 Å². The Balaban J connectivity index is 2.23. The van der Waals surface area contributed by atoms with Gasteiger partial charge in [-0.3, -0.25) is 4.68 Å². The van der Waals surface area contributed by atoms with Crippen LogP contribution in [0.5, 0.6) is 0 Å². The second-order valence-corrected chi connectivity index (χ2v) is 4.83. The van der Waals surface area contributed by atoms with Crippen LogP contribution in [-0.2, 0) is 13.1 Å². The van der Waals surface area contributed by atoms with Crippen LogP contribution in [-0.4, -0.2) is 14.8 Å². The van der Waals surface area contributed by atoms with E-state index in [2.05, 4.69) is 23.9 Å². The molecule has 0 fully saturated rings. The zero-order valence-electron chi connectivity index (χ0n) is 9.82. The van der Waals surface area contributed by atoms with Gasteiger partial charge in [-0.1, -0.05) is 0 Å². The molecule has 0 aromatic carbocycles. The van der Waals surface area contributed by atoms with Gasteiger partial charge in [0.05, 0.1) is 17.9 Å². The maximum Gasteiger partial charge on any atom is 0.107 e. The molecule has 0 aliphatic carbocycles. The molecule has 2 aromatic rings. The summed E-state index contributed by atoms with van der Waals surface area (Å²) in [5.41, 5.74) is 10.1. The highest BCUT2D eigenvalue weighted by atomic mass is 32.1. The molecule has 2 aromatic heterocycles. The molecule has 0 radical (unpaired) electrons. The van der Waals surface area contributed by atoms with Crippen LogP contribution in [0.2, 0.25) is 0 Å². The fourth-order valence-corrected chi connectivity index (χ4v) is 2.27. The number of rotatable bonds is 3. The highest BCUT2D eigenvalue weighted by Gasteiger charge is 2.09. The smallest absolute Gasteiger partial charge is 0.107 e. The van der Waals surface area contributed by atoms with Crippen LogP contribution < -0.4 is 5.73 Å².